The fourth-order valence-corrected chi connectivity index (χ4v) is 3.74. The van der Waals surface area contributed by atoms with Gasteiger partial charge in [0.2, 0.25) is 0 Å². The zero-order chi connectivity index (χ0) is 18.1. The van der Waals surface area contributed by atoms with Gasteiger partial charge in [0.25, 0.3) is 5.56 Å². The smallest absolute Gasteiger partial charge is 0.259 e. The van der Waals surface area contributed by atoms with Crippen molar-refractivity contribution in [3.63, 3.8) is 0 Å². The molecule has 0 unspecified atom stereocenters. The minimum absolute atomic E-state index is 0.104. The standard InChI is InChI=1S/C19H15FN2O2S/c1-4-12-7-6-8-13(17(12)20)9-14-10-16(24)22-18(15(23)5-2)11(3)25-19(22)21-14/h1,6-8,10H,5,9H2,2-3H3. The molecule has 3 aromatic rings. The number of aryl methyl sites for hydroxylation is 1. The number of Topliss-reactive ketones (excluding diaryl/α,β-unsaturated/α-hetero) is 1. The molecular weight excluding hydrogens is 339 g/mol. The summed E-state index contributed by atoms with van der Waals surface area (Å²) in [7, 11) is 0. The molecule has 2 aromatic heterocycles. The van der Waals surface area contributed by atoms with E-state index in [1.54, 1.807) is 26.0 Å². The lowest BCUT2D eigenvalue weighted by Gasteiger charge is -2.05. The van der Waals surface area contributed by atoms with Gasteiger partial charge >= 0.3 is 0 Å². The van der Waals surface area contributed by atoms with Crippen molar-refractivity contribution >= 4 is 22.1 Å². The first-order valence-corrected chi connectivity index (χ1v) is 8.57. The number of benzene rings is 1. The number of halogens is 1. The van der Waals surface area contributed by atoms with Gasteiger partial charge in [-0.1, -0.05) is 25.0 Å². The predicted octanol–water partition coefficient (Wildman–Crippen LogP) is 3.37. The monoisotopic (exact) mass is 354 g/mol. The summed E-state index contributed by atoms with van der Waals surface area (Å²) in [6.07, 6.45) is 5.75. The lowest BCUT2D eigenvalue weighted by Crippen LogP contribution is -2.19. The SMILES string of the molecule is C#Cc1cccc(Cc2cc(=O)n3c(C(=O)CC)c(C)sc3n2)c1F. The maximum Gasteiger partial charge on any atom is 0.259 e. The Hall–Kier alpha value is -2.78. The molecule has 0 saturated heterocycles. The van der Waals surface area contributed by atoms with Crippen LogP contribution < -0.4 is 5.56 Å². The Kier molecular flexibility index (Phi) is 4.51. The first-order valence-electron chi connectivity index (χ1n) is 7.75. The van der Waals surface area contributed by atoms with Gasteiger partial charge in [-0.25, -0.2) is 13.8 Å². The number of carbonyl (C=O) groups excluding carboxylic acids is 1. The second kappa shape index (κ2) is 6.61. The highest BCUT2D eigenvalue weighted by atomic mass is 32.1. The third-order valence-electron chi connectivity index (χ3n) is 3.93. The summed E-state index contributed by atoms with van der Waals surface area (Å²) in [5, 5.41) is 0. The summed E-state index contributed by atoms with van der Waals surface area (Å²) in [5.41, 5.74) is 1.04. The van der Waals surface area contributed by atoms with E-state index in [0.29, 0.717) is 28.3 Å². The molecule has 0 N–H and O–H groups in total. The van der Waals surface area contributed by atoms with Crippen LogP contribution >= 0.6 is 11.3 Å². The van der Waals surface area contributed by atoms with Gasteiger partial charge in [-0.3, -0.25) is 9.59 Å². The van der Waals surface area contributed by atoms with Crippen LogP contribution in [0.4, 0.5) is 4.39 Å². The van der Waals surface area contributed by atoms with Crippen LogP contribution in [0.2, 0.25) is 0 Å². The predicted molar refractivity (Wildman–Crippen MR) is 95.8 cm³/mol. The Morgan fingerprint density at radius 3 is 2.88 bits per heavy atom. The number of fused-ring (bicyclic) bond motifs is 1. The second-order valence-electron chi connectivity index (χ2n) is 5.59. The van der Waals surface area contributed by atoms with Gasteiger partial charge in [-0.15, -0.1) is 17.8 Å². The summed E-state index contributed by atoms with van der Waals surface area (Å²) in [4.78, 5) is 30.2. The molecule has 0 atom stereocenters. The zero-order valence-corrected chi connectivity index (χ0v) is 14.6. The van der Waals surface area contributed by atoms with Crippen molar-refractivity contribution < 1.29 is 9.18 Å². The Morgan fingerprint density at radius 1 is 1.44 bits per heavy atom. The normalized spacial score (nSPS) is 10.8. The van der Waals surface area contributed by atoms with Gasteiger partial charge in [0.15, 0.2) is 10.7 Å². The van der Waals surface area contributed by atoms with Crippen LogP contribution in [-0.4, -0.2) is 15.2 Å². The maximum absolute atomic E-state index is 14.3. The molecule has 0 amide bonds. The van der Waals surface area contributed by atoms with Crippen molar-refractivity contribution in [1.82, 2.24) is 9.38 Å². The Bertz CT molecular complexity index is 1090. The lowest BCUT2D eigenvalue weighted by molar-refractivity contribution is 0.0982. The quantitative estimate of drug-likeness (QED) is 0.533. The number of hydrogen-bond acceptors (Lipinski definition) is 4. The number of terminal acetylenes is 1. The van der Waals surface area contributed by atoms with Crippen LogP contribution in [0.25, 0.3) is 4.96 Å². The van der Waals surface area contributed by atoms with E-state index in [-0.39, 0.29) is 23.3 Å². The molecule has 25 heavy (non-hydrogen) atoms. The van der Waals surface area contributed by atoms with E-state index >= 15 is 0 Å². The molecular formula is C19H15FN2O2S. The van der Waals surface area contributed by atoms with Gasteiger partial charge in [0.1, 0.15) is 11.5 Å². The number of thiazole rings is 1. The average Bonchev–Trinajstić information content (AvgIpc) is 2.92. The van der Waals surface area contributed by atoms with Gasteiger partial charge in [0.05, 0.1) is 11.3 Å². The van der Waals surface area contributed by atoms with Crippen molar-refractivity contribution in [1.29, 1.82) is 0 Å². The highest BCUT2D eigenvalue weighted by molar-refractivity contribution is 7.17. The summed E-state index contributed by atoms with van der Waals surface area (Å²) in [5.74, 6) is 1.72. The highest BCUT2D eigenvalue weighted by Crippen LogP contribution is 2.22. The van der Waals surface area contributed by atoms with E-state index in [2.05, 4.69) is 10.9 Å². The third-order valence-corrected chi connectivity index (χ3v) is 4.89. The number of aromatic nitrogens is 2. The van der Waals surface area contributed by atoms with Gasteiger partial charge in [-0.05, 0) is 18.6 Å². The van der Waals surface area contributed by atoms with Crippen molar-refractivity contribution in [3.8, 4) is 12.3 Å². The molecule has 0 aliphatic heterocycles. The molecule has 4 nitrogen and oxygen atoms in total. The molecule has 0 aliphatic carbocycles. The largest absolute Gasteiger partial charge is 0.292 e. The van der Waals surface area contributed by atoms with E-state index in [0.717, 1.165) is 4.88 Å². The van der Waals surface area contributed by atoms with Crippen LogP contribution in [0.3, 0.4) is 0 Å². The maximum atomic E-state index is 14.3. The highest BCUT2D eigenvalue weighted by Gasteiger charge is 2.18. The molecule has 0 spiro atoms. The minimum atomic E-state index is -0.476. The van der Waals surface area contributed by atoms with Gasteiger partial charge in [-0.2, -0.15) is 0 Å². The number of ketones is 1. The molecule has 6 heteroatoms. The fraction of sp³-hybridized carbons (Fsp3) is 0.211. The first kappa shape index (κ1) is 17.1. The van der Waals surface area contributed by atoms with E-state index in [4.69, 9.17) is 6.42 Å². The van der Waals surface area contributed by atoms with Crippen molar-refractivity contribution in [2.24, 2.45) is 0 Å². The van der Waals surface area contributed by atoms with Crippen molar-refractivity contribution in [2.75, 3.05) is 0 Å². The van der Waals surface area contributed by atoms with E-state index in [9.17, 15) is 14.0 Å². The van der Waals surface area contributed by atoms with Gasteiger partial charge < -0.3 is 0 Å². The van der Waals surface area contributed by atoms with Crippen molar-refractivity contribution in [2.45, 2.75) is 26.7 Å². The first-order chi connectivity index (χ1) is 12.0. The number of nitrogens with zero attached hydrogens (tertiary/aromatic N) is 2. The van der Waals surface area contributed by atoms with E-state index in [1.807, 2.05) is 0 Å². The van der Waals surface area contributed by atoms with Crippen LogP contribution in [0.1, 0.15) is 45.5 Å². The summed E-state index contributed by atoms with van der Waals surface area (Å²) < 4.78 is 15.6. The Morgan fingerprint density at radius 2 is 2.20 bits per heavy atom. The lowest BCUT2D eigenvalue weighted by atomic mass is 10.1. The van der Waals surface area contributed by atoms with Gasteiger partial charge in [0, 0.05) is 23.8 Å². The molecule has 0 saturated carbocycles. The summed E-state index contributed by atoms with van der Waals surface area (Å²) >= 11 is 1.28. The summed E-state index contributed by atoms with van der Waals surface area (Å²) in [6.45, 7) is 3.54. The number of rotatable bonds is 4. The molecule has 1 aromatic carbocycles. The van der Waals surface area contributed by atoms with Crippen LogP contribution in [0.5, 0.6) is 0 Å². The Labute approximate surface area is 148 Å². The molecule has 3 rings (SSSR count). The molecule has 0 radical (unpaired) electrons. The number of carbonyl (C=O) groups is 1. The fourth-order valence-electron chi connectivity index (χ4n) is 2.73. The average molecular weight is 354 g/mol. The van der Waals surface area contributed by atoms with Crippen LogP contribution in [0, 0.1) is 25.1 Å². The van der Waals surface area contributed by atoms with Crippen LogP contribution in [-0.2, 0) is 6.42 Å². The third kappa shape index (κ3) is 2.99. The molecule has 0 bridgehead atoms. The molecule has 2 heterocycles. The van der Waals surface area contributed by atoms with Crippen LogP contribution in [0.15, 0.2) is 29.1 Å². The Balaban J connectivity index is 2.10. The van der Waals surface area contributed by atoms with Crippen molar-refractivity contribution in [3.05, 3.63) is 67.8 Å². The van der Waals surface area contributed by atoms with E-state index in [1.165, 1.54) is 27.9 Å². The topological polar surface area (TPSA) is 51.4 Å². The van der Waals surface area contributed by atoms with E-state index < -0.39 is 5.82 Å². The molecule has 0 aliphatic rings. The zero-order valence-electron chi connectivity index (χ0n) is 13.8. The summed E-state index contributed by atoms with van der Waals surface area (Å²) in [6, 6.07) is 6.15. The molecule has 126 valence electrons. The minimum Gasteiger partial charge on any atom is -0.292 e. The molecule has 0 fully saturated rings. The second-order valence-corrected chi connectivity index (χ2v) is 6.77. The number of hydrogen-bond donors (Lipinski definition) is 0.